The summed E-state index contributed by atoms with van der Waals surface area (Å²) in [5.74, 6) is 0.674. The van der Waals surface area contributed by atoms with Crippen LogP contribution in [0.1, 0.15) is 5.56 Å². The van der Waals surface area contributed by atoms with Crippen molar-refractivity contribution >= 4 is 17.4 Å². The van der Waals surface area contributed by atoms with E-state index in [4.69, 9.17) is 0 Å². The molecule has 0 fully saturated rings. The van der Waals surface area contributed by atoms with Crippen LogP contribution in [0.4, 0.5) is 11.5 Å². The zero-order valence-corrected chi connectivity index (χ0v) is 14.6. The molecule has 0 aliphatic rings. The second-order valence-corrected chi connectivity index (χ2v) is 5.77. The zero-order chi connectivity index (χ0) is 18.5. The third kappa shape index (κ3) is 3.77. The Morgan fingerprint density at radius 3 is 2.54 bits per heavy atom. The minimum Gasteiger partial charge on any atom is -0.361 e. The Morgan fingerprint density at radius 1 is 1.15 bits per heavy atom. The fourth-order valence-electron chi connectivity index (χ4n) is 2.42. The Hall–Kier alpha value is -3.48. The van der Waals surface area contributed by atoms with Crippen LogP contribution in [-0.4, -0.2) is 34.5 Å². The van der Waals surface area contributed by atoms with Crippen LogP contribution in [0.25, 0.3) is 11.4 Å². The molecule has 2 heterocycles. The van der Waals surface area contributed by atoms with Gasteiger partial charge in [-0.25, -0.2) is 4.98 Å². The fraction of sp³-hybridized carbons (Fsp3) is 0.158. The number of H-pyrrole nitrogens is 1. The van der Waals surface area contributed by atoms with Gasteiger partial charge < -0.3 is 15.2 Å². The molecule has 0 saturated carbocycles. The molecule has 2 aromatic heterocycles. The standard InChI is InChI=1S/C19H19N5O2/c1-13-17(21-12-16(25)24(2)15-6-4-3-5-7-15)22-18(23-19(13)26)14-8-10-20-11-9-14/h3-11H,12H2,1-2H3,(H2,21,22,23,26). The number of amides is 1. The van der Waals surface area contributed by atoms with Gasteiger partial charge in [0, 0.05) is 30.7 Å². The summed E-state index contributed by atoms with van der Waals surface area (Å²) < 4.78 is 0. The summed E-state index contributed by atoms with van der Waals surface area (Å²) in [6, 6.07) is 12.9. The molecule has 2 N–H and O–H groups in total. The summed E-state index contributed by atoms with van der Waals surface area (Å²) in [5.41, 5.74) is 1.72. The van der Waals surface area contributed by atoms with Crippen LogP contribution >= 0.6 is 0 Å². The third-order valence-corrected chi connectivity index (χ3v) is 4.03. The number of carbonyl (C=O) groups is 1. The average Bonchev–Trinajstić information content (AvgIpc) is 2.69. The lowest BCUT2D eigenvalue weighted by atomic mass is 10.2. The summed E-state index contributed by atoms with van der Waals surface area (Å²) in [6.07, 6.45) is 3.25. The Morgan fingerprint density at radius 2 is 1.85 bits per heavy atom. The highest BCUT2D eigenvalue weighted by molar-refractivity contribution is 5.95. The van der Waals surface area contributed by atoms with Crippen molar-refractivity contribution < 1.29 is 4.79 Å². The molecule has 3 aromatic rings. The van der Waals surface area contributed by atoms with E-state index in [-0.39, 0.29) is 18.0 Å². The van der Waals surface area contributed by atoms with Crippen molar-refractivity contribution in [2.24, 2.45) is 0 Å². The molecule has 26 heavy (non-hydrogen) atoms. The lowest BCUT2D eigenvalue weighted by Crippen LogP contribution is -2.32. The number of rotatable bonds is 5. The maximum atomic E-state index is 12.4. The van der Waals surface area contributed by atoms with Crippen molar-refractivity contribution in [3.8, 4) is 11.4 Å². The summed E-state index contributed by atoms with van der Waals surface area (Å²) in [7, 11) is 1.71. The molecule has 0 spiro atoms. The lowest BCUT2D eigenvalue weighted by molar-refractivity contribution is -0.116. The van der Waals surface area contributed by atoms with E-state index in [0.717, 1.165) is 11.3 Å². The zero-order valence-electron chi connectivity index (χ0n) is 14.6. The second kappa shape index (κ2) is 7.60. The first kappa shape index (κ1) is 17.3. The van der Waals surface area contributed by atoms with Gasteiger partial charge in [-0.05, 0) is 31.2 Å². The summed E-state index contributed by atoms with van der Waals surface area (Å²) >= 11 is 0. The minimum absolute atomic E-state index is 0.0263. The van der Waals surface area contributed by atoms with Gasteiger partial charge in [0.15, 0.2) is 0 Å². The lowest BCUT2D eigenvalue weighted by Gasteiger charge is -2.18. The molecule has 1 amide bonds. The number of hydrogen-bond acceptors (Lipinski definition) is 5. The molecule has 0 bridgehead atoms. The largest absolute Gasteiger partial charge is 0.361 e. The van der Waals surface area contributed by atoms with Crippen LogP contribution in [-0.2, 0) is 4.79 Å². The van der Waals surface area contributed by atoms with Gasteiger partial charge in [0.1, 0.15) is 11.6 Å². The maximum Gasteiger partial charge on any atom is 0.256 e. The Kier molecular flexibility index (Phi) is 5.07. The monoisotopic (exact) mass is 349 g/mol. The van der Waals surface area contributed by atoms with Gasteiger partial charge in [-0.3, -0.25) is 14.6 Å². The third-order valence-electron chi connectivity index (χ3n) is 4.03. The summed E-state index contributed by atoms with van der Waals surface area (Å²) in [4.78, 5) is 37.3. The maximum absolute atomic E-state index is 12.4. The molecule has 7 heteroatoms. The Balaban J connectivity index is 1.78. The molecule has 0 aliphatic carbocycles. The van der Waals surface area contributed by atoms with Crippen LogP contribution in [0, 0.1) is 6.92 Å². The van der Waals surface area contributed by atoms with Gasteiger partial charge in [0.25, 0.3) is 5.56 Å². The first-order valence-electron chi connectivity index (χ1n) is 8.13. The van der Waals surface area contributed by atoms with Gasteiger partial charge in [-0.2, -0.15) is 0 Å². The van der Waals surface area contributed by atoms with E-state index in [1.807, 2.05) is 30.3 Å². The number of pyridine rings is 1. The van der Waals surface area contributed by atoms with Gasteiger partial charge in [-0.15, -0.1) is 0 Å². The molecule has 0 atom stereocenters. The predicted molar refractivity (Wildman–Crippen MR) is 101 cm³/mol. The van der Waals surface area contributed by atoms with Gasteiger partial charge in [0.2, 0.25) is 5.91 Å². The molecule has 0 radical (unpaired) electrons. The van der Waals surface area contributed by atoms with E-state index >= 15 is 0 Å². The number of aromatic nitrogens is 3. The molecular weight excluding hydrogens is 330 g/mol. The number of carbonyl (C=O) groups excluding carboxylic acids is 1. The smallest absolute Gasteiger partial charge is 0.256 e. The van der Waals surface area contributed by atoms with Crippen molar-refractivity contribution in [2.75, 3.05) is 23.8 Å². The van der Waals surface area contributed by atoms with Crippen LogP contribution in [0.15, 0.2) is 59.7 Å². The number of likely N-dealkylation sites (N-methyl/N-ethyl adjacent to an activating group) is 1. The number of nitrogens with zero attached hydrogens (tertiary/aromatic N) is 3. The van der Waals surface area contributed by atoms with Gasteiger partial charge >= 0.3 is 0 Å². The molecule has 1 aromatic carbocycles. The fourth-order valence-corrected chi connectivity index (χ4v) is 2.42. The van der Waals surface area contributed by atoms with Gasteiger partial charge in [0.05, 0.1) is 12.1 Å². The Bertz CT molecular complexity index is 955. The number of para-hydroxylation sites is 1. The van der Waals surface area contributed by atoms with E-state index in [0.29, 0.717) is 17.2 Å². The highest BCUT2D eigenvalue weighted by Crippen LogP contribution is 2.16. The van der Waals surface area contributed by atoms with Crippen molar-refractivity contribution in [3.63, 3.8) is 0 Å². The molecule has 0 aliphatic heterocycles. The van der Waals surface area contributed by atoms with Crippen molar-refractivity contribution in [1.29, 1.82) is 0 Å². The minimum atomic E-state index is -0.252. The van der Waals surface area contributed by atoms with Crippen molar-refractivity contribution in [2.45, 2.75) is 6.92 Å². The highest BCUT2D eigenvalue weighted by Gasteiger charge is 2.13. The van der Waals surface area contributed by atoms with Crippen LogP contribution in [0.5, 0.6) is 0 Å². The topological polar surface area (TPSA) is 91.0 Å². The highest BCUT2D eigenvalue weighted by atomic mass is 16.2. The average molecular weight is 349 g/mol. The van der Waals surface area contributed by atoms with E-state index < -0.39 is 0 Å². The summed E-state index contributed by atoms with van der Waals surface area (Å²) in [6.45, 7) is 1.69. The summed E-state index contributed by atoms with van der Waals surface area (Å²) in [5, 5.41) is 2.98. The second-order valence-electron chi connectivity index (χ2n) is 5.77. The van der Waals surface area contributed by atoms with Crippen molar-refractivity contribution in [3.05, 3.63) is 70.8 Å². The number of aromatic amines is 1. The van der Waals surface area contributed by atoms with Crippen molar-refractivity contribution in [1.82, 2.24) is 15.0 Å². The predicted octanol–water partition coefficient (Wildman–Crippen LogP) is 2.22. The molecule has 0 unspecified atom stereocenters. The normalized spacial score (nSPS) is 10.4. The van der Waals surface area contributed by atoms with Gasteiger partial charge in [-0.1, -0.05) is 18.2 Å². The number of benzene rings is 1. The van der Waals surface area contributed by atoms with E-state index in [9.17, 15) is 9.59 Å². The van der Waals surface area contributed by atoms with E-state index in [1.165, 1.54) is 0 Å². The number of anilines is 2. The first-order valence-corrected chi connectivity index (χ1v) is 8.13. The SMILES string of the molecule is Cc1c(NCC(=O)N(C)c2ccccc2)nc(-c2ccncc2)[nH]c1=O. The Labute approximate surface area is 150 Å². The van der Waals surface area contributed by atoms with Crippen LogP contribution in [0.3, 0.4) is 0 Å². The molecule has 132 valence electrons. The molecule has 7 nitrogen and oxygen atoms in total. The van der Waals surface area contributed by atoms with E-state index in [2.05, 4.69) is 20.3 Å². The molecular formula is C19H19N5O2. The van der Waals surface area contributed by atoms with Crippen LogP contribution < -0.4 is 15.8 Å². The quantitative estimate of drug-likeness (QED) is 0.737. The molecule has 3 rings (SSSR count). The van der Waals surface area contributed by atoms with Crippen LogP contribution in [0.2, 0.25) is 0 Å². The molecule has 0 saturated heterocycles. The number of hydrogen-bond donors (Lipinski definition) is 2. The van der Waals surface area contributed by atoms with E-state index in [1.54, 1.807) is 43.4 Å². The first-order chi connectivity index (χ1) is 12.6. The number of nitrogens with one attached hydrogen (secondary N) is 2.